The van der Waals surface area contributed by atoms with Crippen LogP contribution in [-0.2, 0) is 0 Å². The molecule has 154 valence electrons. The molecule has 5 rings (SSSR count). The van der Waals surface area contributed by atoms with Crippen molar-refractivity contribution >= 4 is 43.9 Å². The molecule has 0 saturated carbocycles. The number of aromatic nitrogens is 4. The Morgan fingerprint density at radius 2 is 2.00 bits per heavy atom. The molecule has 1 aliphatic heterocycles. The summed E-state index contributed by atoms with van der Waals surface area (Å²) in [6.07, 6.45) is 5.50. The fourth-order valence-corrected chi connectivity index (χ4v) is 4.51. The number of rotatable bonds is 3. The van der Waals surface area contributed by atoms with E-state index in [0.29, 0.717) is 28.6 Å². The van der Waals surface area contributed by atoms with Gasteiger partial charge in [-0.05, 0) is 25.1 Å². The van der Waals surface area contributed by atoms with Crippen molar-refractivity contribution in [1.29, 1.82) is 0 Å². The highest BCUT2D eigenvalue weighted by atomic mass is 32.1. The minimum absolute atomic E-state index is 0.0975. The number of anilines is 1. The largest absolute Gasteiger partial charge is 0.467 e. The van der Waals surface area contributed by atoms with Gasteiger partial charge in [0.25, 0.3) is 5.91 Å². The second-order valence-corrected chi connectivity index (χ2v) is 7.84. The summed E-state index contributed by atoms with van der Waals surface area (Å²) in [7, 11) is 1.47. The van der Waals surface area contributed by atoms with E-state index in [9.17, 15) is 4.79 Å². The van der Waals surface area contributed by atoms with Gasteiger partial charge in [0.15, 0.2) is 0 Å². The van der Waals surface area contributed by atoms with Gasteiger partial charge in [0.05, 0.1) is 18.3 Å². The standard InChI is InChI=1S/C21H16N6O3S/c1-4-11-9-22-17-16-12-5-8-15(30-21-24-10(2)23-20(27-21)29-3)26-13(12)6-7-14(16)31-18(17)19(28)25-11/h1,5-8,11,22H,9H2,2-3H3,(H,25,28)/t11-/m1/s1. The Morgan fingerprint density at radius 3 is 2.81 bits per heavy atom. The van der Waals surface area contributed by atoms with Gasteiger partial charge in [-0.15, -0.1) is 22.7 Å². The van der Waals surface area contributed by atoms with E-state index in [-0.39, 0.29) is 24.0 Å². The fraction of sp³-hybridized carbons (Fsp3) is 0.190. The van der Waals surface area contributed by atoms with Crippen LogP contribution >= 0.6 is 11.3 Å². The first-order valence-corrected chi connectivity index (χ1v) is 10.2. The van der Waals surface area contributed by atoms with Crippen molar-refractivity contribution in [2.45, 2.75) is 13.0 Å². The average Bonchev–Trinajstić information content (AvgIpc) is 3.07. The van der Waals surface area contributed by atoms with Gasteiger partial charge < -0.3 is 20.1 Å². The zero-order valence-electron chi connectivity index (χ0n) is 16.6. The summed E-state index contributed by atoms with van der Waals surface area (Å²) in [5.41, 5.74) is 1.48. The number of nitrogens with one attached hydrogen (secondary N) is 2. The number of thiophene rings is 1. The summed E-state index contributed by atoms with van der Waals surface area (Å²) in [6.45, 7) is 2.17. The van der Waals surface area contributed by atoms with E-state index in [0.717, 1.165) is 21.2 Å². The van der Waals surface area contributed by atoms with Crippen LogP contribution in [0.3, 0.4) is 0 Å². The number of benzene rings is 1. The molecule has 0 saturated heterocycles. The van der Waals surface area contributed by atoms with Gasteiger partial charge in [0, 0.05) is 28.1 Å². The maximum atomic E-state index is 12.6. The van der Waals surface area contributed by atoms with Crippen molar-refractivity contribution in [3.05, 3.63) is 35.0 Å². The molecule has 9 nitrogen and oxygen atoms in total. The third-order valence-electron chi connectivity index (χ3n) is 4.78. The second-order valence-electron chi connectivity index (χ2n) is 6.79. The highest BCUT2D eigenvalue weighted by molar-refractivity contribution is 7.21. The van der Waals surface area contributed by atoms with Gasteiger partial charge in [0.1, 0.15) is 16.7 Å². The highest BCUT2D eigenvalue weighted by Gasteiger charge is 2.25. The van der Waals surface area contributed by atoms with Crippen LogP contribution in [0.5, 0.6) is 17.9 Å². The van der Waals surface area contributed by atoms with E-state index in [1.165, 1.54) is 18.4 Å². The molecule has 0 bridgehead atoms. The van der Waals surface area contributed by atoms with E-state index >= 15 is 0 Å². The van der Waals surface area contributed by atoms with Crippen LogP contribution in [-0.4, -0.2) is 45.5 Å². The Hall–Kier alpha value is -3.97. The van der Waals surface area contributed by atoms with E-state index in [2.05, 4.69) is 36.5 Å². The number of terminal acetylenes is 1. The summed E-state index contributed by atoms with van der Waals surface area (Å²) >= 11 is 1.42. The second kappa shape index (κ2) is 7.37. The number of amides is 1. The molecule has 1 amide bonds. The quantitative estimate of drug-likeness (QED) is 0.476. The van der Waals surface area contributed by atoms with Crippen molar-refractivity contribution in [3.63, 3.8) is 0 Å². The van der Waals surface area contributed by atoms with Gasteiger partial charge in [-0.2, -0.15) is 9.97 Å². The van der Waals surface area contributed by atoms with Gasteiger partial charge in [-0.1, -0.05) is 5.92 Å². The number of carbonyl (C=O) groups is 1. The molecule has 0 unspecified atom stereocenters. The fourth-order valence-electron chi connectivity index (χ4n) is 3.41. The molecule has 0 spiro atoms. The van der Waals surface area contributed by atoms with Crippen LogP contribution in [0.2, 0.25) is 0 Å². The predicted octanol–water partition coefficient (Wildman–Crippen LogP) is 2.90. The molecule has 0 fully saturated rings. The van der Waals surface area contributed by atoms with Gasteiger partial charge in [0.2, 0.25) is 5.88 Å². The lowest BCUT2D eigenvalue weighted by molar-refractivity contribution is 0.0954. The van der Waals surface area contributed by atoms with E-state index in [1.54, 1.807) is 13.0 Å². The monoisotopic (exact) mass is 432 g/mol. The molecule has 4 aromatic rings. The molecule has 10 heteroatoms. The Kier molecular flexibility index (Phi) is 4.52. The maximum Gasteiger partial charge on any atom is 0.329 e. The number of fused-ring (bicyclic) bond motifs is 5. The number of methoxy groups -OCH3 is 1. The summed E-state index contributed by atoms with van der Waals surface area (Å²) < 4.78 is 11.8. The third kappa shape index (κ3) is 3.35. The number of ether oxygens (including phenoxy) is 2. The summed E-state index contributed by atoms with van der Waals surface area (Å²) in [4.78, 5) is 30.1. The Labute approximate surface area is 180 Å². The lowest BCUT2D eigenvalue weighted by Gasteiger charge is -2.10. The maximum absolute atomic E-state index is 12.6. The normalized spacial score (nSPS) is 15.5. The number of carbonyl (C=O) groups excluding carboxylic acids is 1. The minimum Gasteiger partial charge on any atom is -0.467 e. The summed E-state index contributed by atoms with van der Waals surface area (Å²) in [5, 5.41) is 8.01. The predicted molar refractivity (Wildman–Crippen MR) is 117 cm³/mol. The Balaban J connectivity index is 1.57. The molecular weight excluding hydrogens is 416 g/mol. The lowest BCUT2D eigenvalue weighted by atomic mass is 10.1. The van der Waals surface area contributed by atoms with Crippen molar-refractivity contribution < 1.29 is 14.3 Å². The van der Waals surface area contributed by atoms with Crippen molar-refractivity contribution in [2.24, 2.45) is 0 Å². The van der Waals surface area contributed by atoms with Crippen LogP contribution in [0.25, 0.3) is 21.0 Å². The molecule has 4 heterocycles. The van der Waals surface area contributed by atoms with E-state index in [1.807, 2.05) is 18.2 Å². The SMILES string of the molecule is C#C[C@@H]1CNc2c(sc3ccc4nc(Oc5nc(C)nc(OC)n5)ccc4c23)C(=O)N1. The van der Waals surface area contributed by atoms with E-state index < -0.39 is 0 Å². The number of hydrogen-bond donors (Lipinski definition) is 2. The van der Waals surface area contributed by atoms with Crippen LogP contribution in [0.4, 0.5) is 5.69 Å². The molecule has 0 aliphatic carbocycles. The summed E-state index contributed by atoms with van der Waals surface area (Å²) in [5.74, 6) is 3.21. The van der Waals surface area contributed by atoms with E-state index in [4.69, 9.17) is 15.9 Å². The number of aryl methyl sites for hydroxylation is 1. The zero-order valence-corrected chi connectivity index (χ0v) is 17.4. The highest BCUT2D eigenvalue weighted by Crippen LogP contribution is 2.41. The van der Waals surface area contributed by atoms with Crippen LogP contribution < -0.4 is 20.1 Å². The zero-order chi connectivity index (χ0) is 21.5. The molecule has 3 aromatic heterocycles. The molecule has 1 atom stereocenters. The molecule has 31 heavy (non-hydrogen) atoms. The van der Waals surface area contributed by atoms with Crippen molar-refractivity contribution in [1.82, 2.24) is 25.3 Å². The smallest absolute Gasteiger partial charge is 0.329 e. The number of hydrogen-bond acceptors (Lipinski definition) is 9. The number of pyridine rings is 1. The molecule has 0 radical (unpaired) electrons. The molecule has 1 aliphatic rings. The van der Waals surface area contributed by atoms with Gasteiger partial charge >= 0.3 is 12.0 Å². The van der Waals surface area contributed by atoms with Crippen LogP contribution in [0.15, 0.2) is 24.3 Å². The van der Waals surface area contributed by atoms with Crippen LogP contribution in [0.1, 0.15) is 15.5 Å². The number of nitrogens with zero attached hydrogens (tertiary/aromatic N) is 4. The topological polar surface area (TPSA) is 111 Å². The molecular formula is C21H16N6O3S. The van der Waals surface area contributed by atoms with Crippen molar-refractivity contribution in [3.8, 4) is 30.2 Å². The molecule has 1 aromatic carbocycles. The Bertz CT molecular complexity index is 1390. The lowest BCUT2D eigenvalue weighted by Crippen LogP contribution is -2.35. The van der Waals surface area contributed by atoms with Gasteiger partial charge in [-0.25, -0.2) is 4.98 Å². The Morgan fingerprint density at radius 1 is 1.16 bits per heavy atom. The van der Waals surface area contributed by atoms with Gasteiger partial charge in [-0.3, -0.25) is 4.79 Å². The first kappa shape index (κ1) is 19.0. The average molecular weight is 432 g/mol. The van der Waals surface area contributed by atoms with Crippen LogP contribution in [0, 0.1) is 19.3 Å². The molecule has 2 N–H and O–H groups in total. The summed E-state index contributed by atoms with van der Waals surface area (Å²) in [6, 6.07) is 7.37. The first-order chi connectivity index (χ1) is 15.1. The first-order valence-electron chi connectivity index (χ1n) is 9.37. The third-order valence-corrected chi connectivity index (χ3v) is 5.93. The van der Waals surface area contributed by atoms with Crippen molar-refractivity contribution in [2.75, 3.05) is 19.0 Å². The minimum atomic E-state index is -0.365.